The van der Waals surface area contributed by atoms with Crippen molar-refractivity contribution in [2.75, 3.05) is 6.61 Å². The van der Waals surface area contributed by atoms with Crippen molar-refractivity contribution in [2.24, 2.45) is 11.7 Å². The maximum absolute atomic E-state index is 13.6. The largest absolute Gasteiger partial charge is 0.394 e. The molecule has 0 bridgehead atoms. The van der Waals surface area contributed by atoms with Crippen molar-refractivity contribution < 1.29 is 13.9 Å². The van der Waals surface area contributed by atoms with E-state index in [1.54, 1.807) is 0 Å². The Morgan fingerprint density at radius 2 is 1.75 bits per heavy atom. The fraction of sp³-hybridized carbons (Fsp3) is 0.500. The van der Waals surface area contributed by atoms with Gasteiger partial charge < -0.3 is 10.8 Å². The standard InChI is InChI=1S/C12H17F2NO/c1-8(2)12(13,14)10-5-3-9(4-6-10)11(15)7-16/h3-6,8,11,16H,7,15H2,1-2H3. The summed E-state index contributed by atoms with van der Waals surface area (Å²) in [5.41, 5.74) is 6.22. The number of hydrogen-bond acceptors (Lipinski definition) is 2. The summed E-state index contributed by atoms with van der Waals surface area (Å²) in [6.07, 6.45) is 0. The Balaban J connectivity index is 2.95. The first kappa shape index (κ1) is 13.1. The number of halogens is 2. The lowest BCUT2D eigenvalue weighted by molar-refractivity contribution is -0.0513. The molecule has 0 aliphatic rings. The lowest BCUT2D eigenvalue weighted by atomic mass is 9.96. The van der Waals surface area contributed by atoms with Gasteiger partial charge in [-0.25, -0.2) is 8.78 Å². The minimum Gasteiger partial charge on any atom is -0.394 e. The third kappa shape index (κ3) is 2.57. The first-order chi connectivity index (χ1) is 7.39. The molecule has 3 N–H and O–H groups in total. The molecule has 16 heavy (non-hydrogen) atoms. The number of aliphatic hydroxyl groups is 1. The molecule has 0 fully saturated rings. The molecule has 90 valence electrons. The van der Waals surface area contributed by atoms with Crippen LogP contribution in [0.15, 0.2) is 24.3 Å². The number of alkyl halides is 2. The number of rotatable bonds is 4. The molecule has 0 aliphatic heterocycles. The minimum atomic E-state index is -2.83. The van der Waals surface area contributed by atoms with Crippen LogP contribution in [0.2, 0.25) is 0 Å². The lowest BCUT2D eigenvalue weighted by Crippen LogP contribution is -2.21. The molecule has 1 aromatic rings. The van der Waals surface area contributed by atoms with Crippen molar-refractivity contribution in [3.8, 4) is 0 Å². The molecule has 0 aliphatic carbocycles. The summed E-state index contributed by atoms with van der Waals surface area (Å²) < 4.78 is 27.2. The Kier molecular flexibility index (Phi) is 3.99. The van der Waals surface area contributed by atoms with Crippen molar-refractivity contribution in [3.63, 3.8) is 0 Å². The number of nitrogens with two attached hydrogens (primary N) is 1. The van der Waals surface area contributed by atoms with E-state index in [2.05, 4.69) is 0 Å². The molecule has 0 saturated carbocycles. The third-order valence-corrected chi connectivity index (χ3v) is 2.65. The van der Waals surface area contributed by atoms with Crippen molar-refractivity contribution in [3.05, 3.63) is 35.4 Å². The molecule has 0 amide bonds. The van der Waals surface area contributed by atoms with Gasteiger partial charge >= 0.3 is 0 Å². The summed E-state index contributed by atoms with van der Waals surface area (Å²) in [7, 11) is 0. The molecule has 0 spiro atoms. The Morgan fingerprint density at radius 3 is 2.12 bits per heavy atom. The second kappa shape index (κ2) is 4.89. The Morgan fingerprint density at radius 1 is 1.25 bits per heavy atom. The van der Waals surface area contributed by atoms with Crippen LogP contribution in [0.3, 0.4) is 0 Å². The Hall–Kier alpha value is -1.00. The average Bonchev–Trinajstić information content (AvgIpc) is 2.28. The van der Waals surface area contributed by atoms with Crippen LogP contribution in [-0.4, -0.2) is 11.7 Å². The van der Waals surface area contributed by atoms with E-state index in [0.717, 1.165) is 0 Å². The zero-order chi connectivity index (χ0) is 12.3. The van der Waals surface area contributed by atoms with Gasteiger partial charge in [0.1, 0.15) is 0 Å². The van der Waals surface area contributed by atoms with E-state index >= 15 is 0 Å². The van der Waals surface area contributed by atoms with Crippen LogP contribution in [0.1, 0.15) is 31.0 Å². The van der Waals surface area contributed by atoms with Gasteiger partial charge in [-0.1, -0.05) is 38.1 Å². The van der Waals surface area contributed by atoms with Crippen molar-refractivity contribution in [1.82, 2.24) is 0 Å². The highest BCUT2D eigenvalue weighted by molar-refractivity contribution is 5.28. The fourth-order valence-corrected chi connectivity index (χ4v) is 1.39. The average molecular weight is 229 g/mol. The Labute approximate surface area is 94.1 Å². The van der Waals surface area contributed by atoms with Gasteiger partial charge in [0.05, 0.1) is 12.6 Å². The molecule has 0 heterocycles. The van der Waals surface area contributed by atoms with Gasteiger partial charge in [0.25, 0.3) is 5.92 Å². The van der Waals surface area contributed by atoms with Crippen LogP contribution in [0.25, 0.3) is 0 Å². The number of aliphatic hydroxyl groups excluding tert-OH is 1. The smallest absolute Gasteiger partial charge is 0.275 e. The SMILES string of the molecule is CC(C)C(F)(F)c1ccc(C(N)CO)cc1. The van der Waals surface area contributed by atoms with E-state index in [4.69, 9.17) is 10.8 Å². The highest BCUT2D eigenvalue weighted by atomic mass is 19.3. The van der Waals surface area contributed by atoms with Crippen LogP contribution in [0.4, 0.5) is 8.78 Å². The van der Waals surface area contributed by atoms with Crippen molar-refractivity contribution in [2.45, 2.75) is 25.8 Å². The maximum atomic E-state index is 13.6. The topological polar surface area (TPSA) is 46.2 Å². The summed E-state index contributed by atoms with van der Waals surface area (Å²) in [6.45, 7) is 2.76. The van der Waals surface area contributed by atoms with Crippen LogP contribution in [0.5, 0.6) is 0 Å². The summed E-state index contributed by atoms with van der Waals surface area (Å²) >= 11 is 0. The summed E-state index contributed by atoms with van der Waals surface area (Å²) in [5, 5.41) is 8.83. The first-order valence-corrected chi connectivity index (χ1v) is 5.24. The van der Waals surface area contributed by atoms with Gasteiger partial charge in [0, 0.05) is 11.5 Å². The molecular weight excluding hydrogens is 212 g/mol. The van der Waals surface area contributed by atoms with Gasteiger partial charge in [-0.05, 0) is 5.56 Å². The third-order valence-electron chi connectivity index (χ3n) is 2.65. The van der Waals surface area contributed by atoms with Crippen LogP contribution in [0, 0.1) is 5.92 Å². The zero-order valence-electron chi connectivity index (χ0n) is 9.45. The van der Waals surface area contributed by atoms with E-state index in [1.165, 1.54) is 38.1 Å². The van der Waals surface area contributed by atoms with Gasteiger partial charge in [-0.2, -0.15) is 0 Å². The molecule has 1 atom stereocenters. The number of benzene rings is 1. The maximum Gasteiger partial charge on any atom is 0.275 e. The molecule has 4 heteroatoms. The Bertz CT molecular complexity index is 335. The van der Waals surface area contributed by atoms with E-state index in [0.29, 0.717) is 5.56 Å². The fourth-order valence-electron chi connectivity index (χ4n) is 1.39. The quantitative estimate of drug-likeness (QED) is 0.833. The van der Waals surface area contributed by atoms with Gasteiger partial charge in [0.15, 0.2) is 0 Å². The van der Waals surface area contributed by atoms with E-state index in [9.17, 15) is 8.78 Å². The number of hydrogen-bond donors (Lipinski definition) is 2. The monoisotopic (exact) mass is 229 g/mol. The summed E-state index contributed by atoms with van der Waals surface area (Å²) in [4.78, 5) is 0. The first-order valence-electron chi connectivity index (χ1n) is 5.24. The normalized spacial score (nSPS) is 14.2. The van der Waals surface area contributed by atoms with Crippen molar-refractivity contribution in [1.29, 1.82) is 0 Å². The minimum absolute atomic E-state index is 0.0172. The van der Waals surface area contributed by atoms with Crippen molar-refractivity contribution >= 4 is 0 Å². The van der Waals surface area contributed by atoms with E-state index < -0.39 is 17.9 Å². The molecule has 1 rings (SSSR count). The van der Waals surface area contributed by atoms with E-state index in [1.807, 2.05) is 0 Å². The van der Waals surface area contributed by atoms with E-state index in [-0.39, 0.29) is 12.2 Å². The summed E-state index contributed by atoms with van der Waals surface area (Å²) in [5.74, 6) is -3.58. The molecule has 2 nitrogen and oxygen atoms in total. The van der Waals surface area contributed by atoms with Gasteiger partial charge in [-0.15, -0.1) is 0 Å². The predicted octanol–water partition coefficient (Wildman–Crippen LogP) is 2.43. The molecule has 0 saturated heterocycles. The molecule has 0 radical (unpaired) electrons. The highest BCUT2D eigenvalue weighted by Gasteiger charge is 2.35. The second-order valence-electron chi connectivity index (χ2n) is 4.19. The molecular formula is C12H17F2NO. The summed E-state index contributed by atoms with van der Waals surface area (Å²) in [6, 6.07) is 5.29. The molecule has 1 aromatic carbocycles. The highest BCUT2D eigenvalue weighted by Crippen LogP contribution is 2.35. The lowest BCUT2D eigenvalue weighted by Gasteiger charge is -2.21. The predicted molar refractivity (Wildman–Crippen MR) is 59.2 cm³/mol. The van der Waals surface area contributed by atoms with Crippen LogP contribution >= 0.6 is 0 Å². The zero-order valence-corrected chi connectivity index (χ0v) is 9.45. The second-order valence-corrected chi connectivity index (χ2v) is 4.19. The molecule has 0 aromatic heterocycles. The van der Waals surface area contributed by atoms with Crippen LogP contribution in [-0.2, 0) is 5.92 Å². The van der Waals surface area contributed by atoms with Gasteiger partial charge in [-0.3, -0.25) is 0 Å². The van der Waals surface area contributed by atoms with Gasteiger partial charge in [0.2, 0.25) is 0 Å². The molecule has 1 unspecified atom stereocenters. The van der Waals surface area contributed by atoms with Crippen LogP contribution < -0.4 is 5.73 Å².